The summed E-state index contributed by atoms with van der Waals surface area (Å²) in [7, 11) is 0. The molecule has 1 aliphatic rings. The molecule has 1 saturated heterocycles. The molecule has 1 aromatic rings. The average molecular weight is 269 g/mol. The van der Waals surface area contributed by atoms with Crippen LogP contribution in [0.4, 0.5) is 5.69 Å². The number of nitrogens with one attached hydrogen (secondary N) is 2. The zero-order valence-electron chi connectivity index (χ0n) is 9.18. The second kappa shape index (κ2) is 4.14. The number of rotatable bonds is 2. The minimum atomic E-state index is 0.263. The minimum Gasteiger partial charge on any atom is -0.380 e. The molecule has 82 valence electrons. The molecule has 2 rings (SSSR count). The molecule has 1 aliphatic heterocycles. The first-order valence-electron chi connectivity index (χ1n) is 5.33. The van der Waals surface area contributed by atoms with Gasteiger partial charge in [0.05, 0.1) is 0 Å². The van der Waals surface area contributed by atoms with Crippen molar-refractivity contribution in [1.29, 1.82) is 0 Å². The summed E-state index contributed by atoms with van der Waals surface area (Å²) in [6, 6.07) is 8.79. The molecule has 1 fully saturated rings. The van der Waals surface area contributed by atoms with Crippen LogP contribution in [0.15, 0.2) is 28.7 Å². The molecule has 2 N–H and O–H groups in total. The Balaban J connectivity index is 2.02. The summed E-state index contributed by atoms with van der Waals surface area (Å²) >= 11 is 3.55. The van der Waals surface area contributed by atoms with Crippen molar-refractivity contribution in [1.82, 2.24) is 5.32 Å². The van der Waals surface area contributed by atoms with Crippen LogP contribution in [0.3, 0.4) is 0 Å². The minimum absolute atomic E-state index is 0.263. The summed E-state index contributed by atoms with van der Waals surface area (Å²) in [6.07, 6.45) is 1.16. The van der Waals surface area contributed by atoms with Crippen LogP contribution in [-0.2, 0) is 0 Å². The zero-order valence-corrected chi connectivity index (χ0v) is 10.8. The van der Waals surface area contributed by atoms with Gasteiger partial charge in [0.25, 0.3) is 0 Å². The number of halogens is 1. The largest absolute Gasteiger partial charge is 0.380 e. The maximum atomic E-state index is 3.56. The number of anilines is 1. The van der Waals surface area contributed by atoms with Crippen LogP contribution in [0.2, 0.25) is 0 Å². The Hall–Kier alpha value is -0.540. The van der Waals surface area contributed by atoms with Gasteiger partial charge in [-0.2, -0.15) is 0 Å². The molecule has 3 heteroatoms. The molecule has 0 aromatic heterocycles. The highest BCUT2D eigenvalue weighted by Crippen LogP contribution is 2.26. The summed E-state index contributed by atoms with van der Waals surface area (Å²) in [5.74, 6) is 0. The molecule has 15 heavy (non-hydrogen) atoms. The number of hydrogen-bond donors (Lipinski definition) is 2. The highest BCUT2D eigenvalue weighted by molar-refractivity contribution is 9.10. The Morgan fingerprint density at radius 1 is 1.40 bits per heavy atom. The molecule has 0 amide bonds. The van der Waals surface area contributed by atoms with Gasteiger partial charge in [-0.25, -0.2) is 0 Å². The predicted octanol–water partition coefficient (Wildman–Crippen LogP) is 3.00. The molecule has 2 nitrogen and oxygen atoms in total. The van der Waals surface area contributed by atoms with E-state index in [1.807, 2.05) is 6.07 Å². The predicted molar refractivity (Wildman–Crippen MR) is 68.3 cm³/mol. The Bertz CT molecular complexity index is 349. The van der Waals surface area contributed by atoms with Crippen molar-refractivity contribution in [3.63, 3.8) is 0 Å². The van der Waals surface area contributed by atoms with Crippen LogP contribution in [0.1, 0.15) is 20.3 Å². The van der Waals surface area contributed by atoms with Gasteiger partial charge in [-0.05, 0) is 48.3 Å². The van der Waals surface area contributed by atoms with Crippen molar-refractivity contribution in [3.8, 4) is 0 Å². The van der Waals surface area contributed by atoms with Gasteiger partial charge < -0.3 is 10.6 Å². The molecular weight excluding hydrogens is 252 g/mol. The van der Waals surface area contributed by atoms with E-state index in [9.17, 15) is 0 Å². The highest BCUT2D eigenvalue weighted by Gasteiger charge is 2.30. The summed E-state index contributed by atoms with van der Waals surface area (Å²) in [5.41, 5.74) is 1.45. The lowest BCUT2D eigenvalue weighted by atomic mass is 10.0. The fourth-order valence-electron chi connectivity index (χ4n) is 2.06. The molecule has 0 spiro atoms. The summed E-state index contributed by atoms with van der Waals surface area (Å²) in [6.45, 7) is 5.53. The van der Waals surface area contributed by atoms with Gasteiger partial charge in [0.1, 0.15) is 0 Å². The van der Waals surface area contributed by atoms with Crippen molar-refractivity contribution < 1.29 is 0 Å². The Labute approximate surface area is 99.6 Å². The molecule has 1 atom stereocenters. The van der Waals surface area contributed by atoms with E-state index in [2.05, 4.69) is 58.6 Å². The lowest BCUT2D eigenvalue weighted by Crippen LogP contribution is -2.31. The zero-order chi connectivity index (χ0) is 10.9. The maximum Gasteiger partial charge on any atom is 0.0487 e. The van der Waals surface area contributed by atoms with E-state index in [0.717, 1.165) is 17.4 Å². The summed E-state index contributed by atoms with van der Waals surface area (Å²) in [4.78, 5) is 0. The van der Waals surface area contributed by atoms with E-state index >= 15 is 0 Å². The second-order valence-electron chi connectivity index (χ2n) is 4.79. The van der Waals surface area contributed by atoms with E-state index in [0.29, 0.717) is 6.04 Å². The SMILES string of the molecule is CC1(C)CC(Nc2ccccc2Br)CN1. The van der Waals surface area contributed by atoms with E-state index in [1.54, 1.807) is 0 Å². The molecule has 0 aliphatic carbocycles. The first-order valence-corrected chi connectivity index (χ1v) is 6.12. The van der Waals surface area contributed by atoms with E-state index in [4.69, 9.17) is 0 Å². The monoisotopic (exact) mass is 268 g/mol. The highest BCUT2D eigenvalue weighted by atomic mass is 79.9. The van der Waals surface area contributed by atoms with Gasteiger partial charge >= 0.3 is 0 Å². The third-order valence-corrected chi connectivity index (χ3v) is 3.51. The Morgan fingerprint density at radius 3 is 2.73 bits per heavy atom. The lowest BCUT2D eigenvalue weighted by Gasteiger charge is -2.18. The van der Waals surface area contributed by atoms with Crippen molar-refractivity contribution in [3.05, 3.63) is 28.7 Å². The van der Waals surface area contributed by atoms with Gasteiger partial charge in [-0.3, -0.25) is 0 Å². The normalized spacial score (nSPS) is 24.1. The Morgan fingerprint density at radius 2 is 2.13 bits per heavy atom. The van der Waals surface area contributed by atoms with Crippen LogP contribution in [0.5, 0.6) is 0 Å². The van der Waals surface area contributed by atoms with Crippen LogP contribution >= 0.6 is 15.9 Å². The molecule has 0 bridgehead atoms. The summed E-state index contributed by atoms with van der Waals surface area (Å²) in [5, 5.41) is 7.06. The van der Waals surface area contributed by atoms with Crippen molar-refractivity contribution in [2.24, 2.45) is 0 Å². The van der Waals surface area contributed by atoms with Crippen LogP contribution < -0.4 is 10.6 Å². The Kier molecular flexibility index (Phi) is 3.03. The second-order valence-corrected chi connectivity index (χ2v) is 5.64. The fourth-order valence-corrected chi connectivity index (χ4v) is 2.46. The topological polar surface area (TPSA) is 24.1 Å². The smallest absolute Gasteiger partial charge is 0.0487 e. The van der Waals surface area contributed by atoms with Crippen molar-refractivity contribution in [2.75, 3.05) is 11.9 Å². The van der Waals surface area contributed by atoms with Crippen molar-refractivity contribution >= 4 is 21.6 Å². The van der Waals surface area contributed by atoms with Gasteiger partial charge in [-0.15, -0.1) is 0 Å². The fraction of sp³-hybridized carbons (Fsp3) is 0.500. The molecule has 0 saturated carbocycles. The van der Waals surface area contributed by atoms with E-state index in [1.165, 1.54) is 5.69 Å². The van der Waals surface area contributed by atoms with E-state index < -0.39 is 0 Å². The molecule has 1 heterocycles. The van der Waals surface area contributed by atoms with Gasteiger partial charge in [0.15, 0.2) is 0 Å². The van der Waals surface area contributed by atoms with Gasteiger partial charge in [-0.1, -0.05) is 12.1 Å². The van der Waals surface area contributed by atoms with Crippen LogP contribution in [-0.4, -0.2) is 18.1 Å². The summed E-state index contributed by atoms with van der Waals surface area (Å²) < 4.78 is 1.13. The third kappa shape index (κ3) is 2.73. The lowest BCUT2D eigenvalue weighted by molar-refractivity contribution is 0.457. The first kappa shape index (κ1) is 11.0. The van der Waals surface area contributed by atoms with Crippen LogP contribution in [0, 0.1) is 0 Å². The standard InChI is InChI=1S/C12H17BrN2/c1-12(2)7-9(8-14-12)15-11-6-4-3-5-10(11)13/h3-6,9,14-15H,7-8H2,1-2H3. The third-order valence-electron chi connectivity index (χ3n) is 2.82. The maximum absolute atomic E-state index is 3.56. The number of para-hydroxylation sites is 1. The van der Waals surface area contributed by atoms with Crippen molar-refractivity contribution in [2.45, 2.75) is 31.8 Å². The molecule has 0 radical (unpaired) electrons. The van der Waals surface area contributed by atoms with Gasteiger partial charge in [0.2, 0.25) is 0 Å². The first-order chi connectivity index (χ1) is 7.07. The van der Waals surface area contributed by atoms with Gasteiger partial charge in [0, 0.05) is 28.3 Å². The quantitative estimate of drug-likeness (QED) is 0.862. The average Bonchev–Trinajstić information content (AvgIpc) is 2.50. The number of benzene rings is 1. The van der Waals surface area contributed by atoms with E-state index in [-0.39, 0.29) is 5.54 Å². The van der Waals surface area contributed by atoms with Crippen LogP contribution in [0.25, 0.3) is 0 Å². The number of hydrogen-bond acceptors (Lipinski definition) is 2. The molecule has 1 aromatic carbocycles. The molecule has 1 unspecified atom stereocenters. The molecular formula is C12H17BrN2.